The van der Waals surface area contributed by atoms with Crippen LogP contribution < -0.4 is 9.64 Å². The number of aromatic nitrogens is 2. The Morgan fingerprint density at radius 2 is 1.71 bits per heavy atom. The first-order valence-electron chi connectivity index (χ1n) is 10.3. The van der Waals surface area contributed by atoms with E-state index in [4.69, 9.17) is 4.74 Å². The van der Waals surface area contributed by atoms with Crippen molar-refractivity contribution in [3.63, 3.8) is 0 Å². The SMILES string of the molecule is Cc1cccc(OCC(=O)N2CCN(c3ccc(-c4ccc(F)cc4)nn3)CC2)c1C. The van der Waals surface area contributed by atoms with E-state index in [9.17, 15) is 9.18 Å². The van der Waals surface area contributed by atoms with Crippen LogP contribution in [0.25, 0.3) is 11.3 Å². The Morgan fingerprint density at radius 3 is 2.39 bits per heavy atom. The van der Waals surface area contributed by atoms with Crippen LogP contribution in [-0.4, -0.2) is 53.8 Å². The molecule has 1 fully saturated rings. The van der Waals surface area contributed by atoms with Gasteiger partial charge in [0, 0.05) is 31.7 Å². The largest absolute Gasteiger partial charge is 0.483 e. The minimum atomic E-state index is -0.278. The molecule has 0 bridgehead atoms. The summed E-state index contributed by atoms with van der Waals surface area (Å²) < 4.78 is 18.8. The third-order valence-corrected chi connectivity index (χ3v) is 5.65. The first-order chi connectivity index (χ1) is 15.0. The number of hydrogen-bond acceptors (Lipinski definition) is 5. The topological polar surface area (TPSA) is 58.6 Å². The van der Waals surface area contributed by atoms with Gasteiger partial charge in [-0.15, -0.1) is 10.2 Å². The number of ether oxygens (including phenoxy) is 1. The Kier molecular flexibility index (Phi) is 6.11. The van der Waals surface area contributed by atoms with Crippen LogP contribution in [0, 0.1) is 19.7 Å². The van der Waals surface area contributed by atoms with E-state index in [1.165, 1.54) is 12.1 Å². The molecule has 1 aliphatic heterocycles. The van der Waals surface area contributed by atoms with Gasteiger partial charge in [-0.25, -0.2) is 4.39 Å². The van der Waals surface area contributed by atoms with Crippen molar-refractivity contribution in [1.29, 1.82) is 0 Å². The molecule has 0 spiro atoms. The monoisotopic (exact) mass is 420 g/mol. The normalized spacial score (nSPS) is 13.9. The van der Waals surface area contributed by atoms with Crippen molar-refractivity contribution < 1.29 is 13.9 Å². The first kappa shape index (κ1) is 20.8. The molecular weight excluding hydrogens is 395 g/mol. The minimum absolute atomic E-state index is 0.0155. The van der Waals surface area contributed by atoms with Gasteiger partial charge in [0.1, 0.15) is 11.6 Å². The molecular formula is C24H25FN4O2. The molecule has 0 saturated carbocycles. The molecule has 3 aromatic rings. The number of rotatable bonds is 5. The van der Waals surface area contributed by atoms with Gasteiger partial charge in [0.2, 0.25) is 0 Å². The highest BCUT2D eigenvalue weighted by Gasteiger charge is 2.22. The van der Waals surface area contributed by atoms with E-state index >= 15 is 0 Å². The summed E-state index contributed by atoms with van der Waals surface area (Å²) in [4.78, 5) is 16.5. The molecule has 4 rings (SSSR count). The molecule has 0 aliphatic carbocycles. The predicted molar refractivity (Wildman–Crippen MR) is 118 cm³/mol. The maximum absolute atomic E-state index is 13.1. The van der Waals surface area contributed by atoms with Gasteiger partial charge in [-0.2, -0.15) is 0 Å². The van der Waals surface area contributed by atoms with Gasteiger partial charge in [0.25, 0.3) is 5.91 Å². The summed E-state index contributed by atoms with van der Waals surface area (Å²) in [7, 11) is 0. The average molecular weight is 420 g/mol. The highest BCUT2D eigenvalue weighted by Crippen LogP contribution is 2.21. The fraction of sp³-hybridized carbons (Fsp3) is 0.292. The number of hydrogen-bond donors (Lipinski definition) is 0. The Hall–Kier alpha value is -3.48. The minimum Gasteiger partial charge on any atom is -0.483 e. The lowest BCUT2D eigenvalue weighted by Gasteiger charge is -2.35. The van der Waals surface area contributed by atoms with E-state index in [1.54, 1.807) is 12.1 Å². The van der Waals surface area contributed by atoms with Crippen molar-refractivity contribution in [2.24, 2.45) is 0 Å². The number of anilines is 1. The molecule has 6 nitrogen and oxygen atoms in total. The smallest absolute Gasteiger partial charge is 0.260 e. The fourth-order valence-corrected chi connectivity index (χ4v) is 3.56. The molecule has 0 atom stereocenters. The molecule has 0 N–H and O–H groups in total. The lowest BCUT2D eigenvalue weighted by atomic mass is 10.1. The second kappa shape index (κ2) is 9.12. The third kappa shape index (κ3) is 4.82. The summed E-state index contributed by atoms with van der Waals surface area (Å²) in [5.74, 6) is 1.23. The molecule has 2 heterocycles. The maximum Gasteiger partial charge on any atom is 0.260 e. The molecule has 1 saturated heterocycles. The van der Waals surface area contributed by atoms with Gasteiger partial charge >= 0.3 is 0 Å². The second-order valence-electron chi connectivity index (χ2n) is 7.64. The van der Waals surface area contributed by atoms with E-state index in [1.807, 2.05) is 49.1 Å². The third-order valence-electron chi connectivity index (χ3n) is 5.65. The van der Waals surface area contributed by atoms with Crippen LogP contribution in [0.1, 0.15) is 11.1 Å². The van der Waals surface area contributed by atoms with E-state index in [0.29, 0.717) is 31.9 Å². The predicted octanol–water partition coefficient (Wildman–Crippen LogP) is 3.63. The van der Waals surface area contributed by atoms with Gasteiger partial charge in [-0.3, -0.25) is 4.79 Å². The lowest BCUT2D eigenvalue weighted by Crippen LogP contribution is -2.50. The van der Waals surface area contributed by atoms with Crippen molar-refractivity contribution in [1.82, 2.24) is 15.1 Å². The van der Waals surface area contributed by atoms with E-state index < -0.39 is 0 Å². The molecule has 0 radical (unpaired) electrons. The molecule has 1 aliphatic rings. The van der Waals surface area contributed by atoms with Crippen molar-refractivity contribution in [2.75, 3.05) is 37.7 Å². The summed E-state index contributed by atoms with van der Waals surface area (Å²) in [5, 5.41) is 8.59. The molecule has 1 amide bonds. The number of amides is 1. The van der Waals surface area contributed by atoms with Crippen LogP contribution in [0.15, 0.2) is 54.6 Å². The van der Waals surface area contributed by atoms with Gasteiger partial charge in [0.15, 0.2) is 12.4 Å². The Bertz CT molecular complexity index is 1050. The quantitative estimate of drug-likeness (QED) is 0.631. The van der Waals surface area contributed by atoms with Crippen LogP contribution >= 0.6 is 0 Å². The molecule has 2 aromatic carbocycles. The number of benzene rings is 2. The van der Waals surface area contributed by atoms with Crippen molar-refractivity contribution in [3.05, 3.63) is 71.5 Å². The summed E-state index contributed by atoms with van der Waals surface area (Å²) in [6.07, 6.45) is 0. The average Bonchev–Trinajstić information content (AvgIpc) is 2.80. The highest BCUT2D eigenvalue weighted by molar-refractivity contribution is 5.78. The first-order valence-corrected chi connectivity index (χ1v) is 10.3. The Balaban J connectivity index is 1.30. The van der Waals surface area contributed by atoms with Crippen molar-refractivity contribution in [3.8, 4) is 17.0 Å². The Morgan fingerprint density at radius 1 is 0.968 bits per heavy atom. The Labute approximate surface area is 181 Å². The van der Waals surface area contributed by atoms with E-state index in [-0.39, 0.29) is 18.3 Å². The highest BCUT2D eigenvalue weighted by atomic mass is 19.1. The van der Waals surface area contributed by atoms with Crippen LogP contribution in [0.5, 0.6) is 5.75 Å². The van der Waals surface area contributed by atoms with Crippen molar-refractivity contribution in [2.45, 2.75) is 13.8 Å². The molecule has 160 valence electrons. The molecule has 7 heteroatoms. The summed E-state index contributed by atoms with van der Waals surface area (Å²) >= 11 is 0. The zero-order valence-electron chi connectivity index (χ0n) is 17.7. The second-order valence-corrected chi connectivity index (χ2v) is 7.64. The molecule has 0 unspecified atom stereocenters. The van der Waals surface area contributed by atoms with Gasteiger partial charge in [0.05, 0.1) is 5.69 Å². The van der Waals surface area contributed by atoms with Crippen LogP contribution in [0.3, 0.4) is 0 Å². The lowest BCUT2D eigenvalue weighted by molar-refractivity contribution is -0.133. The van der Waals surface area contributed by atoms with Crippen LogP contribution in [-0.2, 0) is 4.79 Å². The van der Waals surface area contributed by atoms with E-state index in [2.05, 4.69) is 15.1 Å². The fourth-order valence-electron chi connectivity index (χ4n) is 3.56. The van der Waals surface area contributed by atoms with Crippen molar-refractivity contribution >= 4 is 11.7 Å². The number of halogens is 1. The number of carbonyl (C=O) groups excluding carboxylic acids is 1. The summed E-state index contributed by atoms with van der Waals surface area (Å²) in [5.41, 5.74) is 3.72. The van der Waals surface area contributed by atoms with Crippen LogP contribution in [0.4, 0.5) is 10.2 Å². The van der Waals surface area contributed by atoms with E-state index in [0.717, 1.165) is 28.3 Å². The summed E-state index contributed by atoms with van der Waals surface area (Å²) in [6, 6.07) is 15.8. The molecule has 31 heavy (non-hydrogen) atoms. The van der Waals surface area contributed by atoms with Crippen LogP contribution in [0.2, 0.25) is 0 Å². The zero-order chi connectivity index (χ0) is 21.8. The van der Waals surface area contributed by atoms with Gasteiger partial charge in [-0.05, 0) is 67.4 Å². The van der Waals surface area contributed by atoms with Gasteiger partial charge in [-0.1, -0.05) is 12.1 Å². The number of carbonyl (C=O) groups is 1. The standard InChI is InChI=1S/C24H25FN4O2/c1-17-4-3-5-22(18(17)2)31-16-24(30)29-14-12-28(13-15-29)23-11-10-21(26-27-23)19-6-8-20(25)9-7-19/h3-11H,12-16H2,1-2H3. The number of piperazine rings is 1. The zero-order valence-corrected chi connectivity index (χ0v) is 17.7. The number of nitrogens with zero attached hydrogens (tertiary/aromatic N) is 4. The number of aryl methyl sites for hydroxylation is 1. The molecule has 1 aromatic heterocycles. The summed E-state index contributed by atoms with van der Waals surface area (Å²) in [6.45, 7) is 6.64. The maximum atomic E-state index is 13.1. The van der Waals surface area contributed by atoms with Gasteiger partial charge < -0.3 is 14.5 Å².